The second kappa shape index (κ2) is 9.19. The molecule has 0 spiro atoms. The van der Waals surface area contributed by atoms with Gasteiger partial charge in [0, 0.05) is 36.5 Å². The van der Waals surface area contributed by atoms with Crippen molar-refractivity contribution in [2.24, 2.45) is 0 Å². The fraction of sp³-hybridized carbons (Fsp3) is 0.429. The summed E-state index contributed by atoms with van der Waals surface area (Å²) in [6.45, 7) is 16.1. The van der Waals surface area contributed by atoms with E-state index in [2.05, 4.69) is 102 Å². The lowest BCUT2D eigenvalue weighted by atomic mass is 9.84. The Hall–Kier alpha value is -2.46. The predicted molar refractivity (Wildman–Crippen MR) is 141 cm³/mol. The van der Waals surface area contributed by atoms with Gasteiger partial charge in [0.25, 0.3) is 0 Å². The van der Waals surface area contributed by atoms with Gasteiger partial charge in [-0.2, -0.15) is 0 Å². The van der Waals surface area contributed by atoms with Crippen molar-refractivity contribution in [1.82, 2.24) is 0 Å². The number of methoxy groups -OCH3 is 1. The van der Waals surface area contributed by atoms with Gasteiger partial charge in [-0.25, -0.2) is 0 Å². The van der Waals surface area contributed by atoms with Gasteiger partial charge in [0.2, 0.25) is 0 Å². The summed E-state index contributed by atoms with van der Waals surface area (Å²) in [4.78, 5) is 2.19. The summed E-state index contributed by atoms with van der Waals surface area (Å²) >= 11 is 0. The Morgan fingerprint density at radius 1 is 1.12 bits per heavy atom. The first kappa shape index (κ1) is 24.2. The summed E-state index contributed by atoms with van der Waals surface area (Å²) in [5.41, 5.74) is 6.80. The number of rotatable bonds is 8. The Morgan fingerprint density at radius 3 is 2.41 bits per heavy atom. The predicted octanol–water partition coefficient (Wildman–Crippen LogP) is 6.73. The van der Waals surface area contributed by atoms with Gasteiger partial charge in [0.1, 0.15) is 18.1 Å². The molecule has 2 aromatic carbocycles. The van der Waals surface area contributed by atoms with Crippen molar-refractivity contribution in [1.29, 1.82) is 0 Å². The zero-order chi connectivity index (χ0) is 23.7. The second-order valence-electron chi connectivity index (χ2n) is 10.7. The Balaban J connectivity index is 2.11. The van der Waals surface area contributed by atoms with E-state index in [0.29, 0.717) is 12.1 Å². The van der Waals surface area contributed by atoms with Crippen LogP contribution >= 0.6 is 0 Å². The van der Waals surface area contributed by atoms with Crippen LogP contribution in [0.4, 0.5) is 5.69 Å². The number of hydrogen-bond donors (Lipinski definition) is 0. The zero-order valence-corrected chi connectivity index (χ0v) is 22.1. The summed E-state index contributed by atoms with van der Waals surface area (Å²) in [6.07, 6.45) is 4.18. The van der Waals surface area contributed by atoms with Crippen LogP contribution in [0.3, 0.4) is 0 Å². The van der Waals surface area contributed by atoms with Gasteiger partial charge in [-0.15, -0.1) is 0 Å². The summed E-state index contributed by atoms with van der Waals surface area (Å²) < 4.78 is 12.1. The van der Waals surface area contributed by atoms with Gasteiger partial charge in [0.15, 0.2) is 0 Å². The highest BCUT2D eigenvalue weighted by atomic mass is 28.3. The minimum Gasteiger partial charge on any atom is -0.496 e. The van der Waals surface area contributed by atoms with E-state index in [4.69, 9.17) is 9.47 Å². The van der Waals surface area contributed by atoms with E-state index in [9.17, 15) is 0 Å². The maximum atomic E-state index is 6.34. The third-order valence-corrected chi connectivity index (χ3v) is 9.86. The molecule has 3 rings (SSSR count). The van der Waals surface area contributed by atoms with Crippen LogP contribution in [0.5, 0.6) is 5.75 Å². The molecule has 4 heteroatoms. The SMILES string of the molecule is C=CCOc1c(C[Si](C)(C)C2C=C(OC)c3ccccc32)cc(N(C)C)cc1C(C)(C)C. The fourth-order valence-electron chi connectivity index (χ4n) is 4.68. The number of anilines is 1. The van der Waals surface area contributed by atoms with Crippen LogP contribution in [0.2, 0.25) is 13.1 Å². The molecular weight excluding hydrogens is 410 g/mol. The van der Waals surface area contributed by atoms with Gasteiger partial charge in [-0.05, 0) is 40.8 Å². The molecular formula is C28H39NO2Si. The molecule has 0 bridgehead atoms. The Labute approximate surface area is 195 Å². The number of ether oxygens (including phenoxy) is 2. The molecule has 1 aliphatic rings. The molecule has 0 fully saturated rings. The van der Waals surface area contributed by atoms with E-state index in [1.807, 2.05) is 6.08 Å². The second-order valence-corrected chi connectivity index (χ2v) is 15.6. The lowest BCUT2D eigenvalue weighted by molar-refractivity contribution is 0.348. The van der Waals surface area contributed by atoms with Gasteiger partial charge < -0.3 is 14.4 Å². The van der Waals surface area contributed by atoms with Crippen LogP contribution < -0.4 is 9.64 Å². The van der Waals surface area contributed by atoms with Crippen LogP contribution in [-0.2, 0) is 16.2 Å². The zero-order valence-electron chi connectivity index (χ0n) is 21.1. The van der Waals surface area contributed by atoms with Crippen molar-refractivity contribution in [3.05, 3.63) is 77.4 Å². The normalized spacial score (nSPS) is 15.8. The van der Waals surface area contributed by atoms with Crippen LogP contribution in [0.15, 0.2) is 55.1 Å². The highest BCUT2D eigenvalue weighted by Gasteiger charge is 2.38. The van der Waals surface area contributed by atoms with Crippen molar-refractivity contribution in [2.75, 3.05) is 32.7 Å². The molecule has 0 aliphatic heterocycles. The van der Waals surface area contributed by atoms with E-state index >= 15 is 0 Å². The van der Waals surface area contributed by atoms with Crippen molar-refractivity contribution in [2.45, 2.75) is 50.9 Å². The first-order chi connectivity index (χ1) is 15.0. The standard InChI is InChI=1S/C28H39NO2Si/c1-10-15-31-27-20(16-21(29(5)6)17-24(27)28(2,3)4)19-32(8,9)26-18-25(30-7)22-13-11-12-14-23(22)26/h10-14,16-18,26H,1,15,19H2,2-9H3. The Morgan fingerprint density at radius 2 is 1.81 bits per heavy atom. The summed E-state index contributed by atoms with van der Waals surface area (Å²) in [5.74, 6) is 2.04. The largest absolute Gasteiger partial charge is 0.496 e. The summed E-state index contributed by atoms with van der Waals surface area (Å²) in [7, 11) is 4.18. The molecule has 0 saturated carbocycles. The number of benzene rings is 2. The molecule has 32 heavy (non-hydrogen) atoms. The molecule has 0 aromatic heterocycles. The van der Waals surface area contributed by atoms with Crippen molar-refractivity contribution in [3.63, 3.8) is 0 Å². The molecule has 1 atom stereocenters. The number of fused-ring (bicyclic) bond motifs is 1. The maximum Gasteiger partial charge on any atom is 0.126 e. The molecule has 0 radical (unpaired) electrons. The summed E-state index contributed by atoms with van der Waals surface area (Å²) in [5, 5.41) is 0. The average molecular weight is 450 g/mol. The minimum absolute atomic E-state index is 0.0218. The molecule has 1 aliphatic carbocycles. The van der Waals surface area contributed by atoms with Crippen LogP contribution in [-0.4, -0.2) is 35.9 Å². The van der Waals surface area contributed by atoms with E-state index in [0.717, 1.165) is 17.6 Å². The first-order valence-corrected chi connectivity index (χ1v) is 14.7. The minimum atomic E-state index is -1.81. The molecule has 0 heterocycles. The quantitative estimate of drug-likeness (QED) is 0.329. The van der Waals surface area contributed by atoms with Crippen LogP contribution in [0.25, 0.3) is 5.76 Å². The third kappa shape index (κ3) is 4.80. The number of allylic oxidation sites excluding steroid dienone is 1. The highest BCUT2D eigenvalue weighted by Crippen LogP contribution is 2.45. The van der Waals surface area contributed by atoms with Gasteiger partial charge in [-0.3, -0.25) is 0 Å². The molecule has 2 aromatic rings. The molecule has 1 unspecified atom stereocenters. The fourth-order valence-corrected chi connectivity index (χ4v) is 7.84. The maximum absolute atomic E-state index is 6.34. The molecule has 0 saturated heterocycles. The lowest BCUT2D eigenvalue weighted by Gasteiger charge is -2.33. The van der Waals surface area contributed by atoms with Gasteiger partial charge in [0.05, 0.1) is 15.2 Å². The Bertz CT molecular complexity index is 1010. The van der Waals surface area contributed by atoms with Crippen LogP contribution in [0.1, 0.15) is 48.6 Å². The monoisotopic (exact) mass is 449 g/mol. The third-order valence-electron chi connectivity index (χ3n) is 6.41. The topological polar surface area (TPSA) is 21.7 Å². The number of hydrogen-bond acceptors (Lipinski definition) is 3. The number of nitrogens with zero attached hydrogens (tertiary/aromatic N) is 1. The van der Waals surface area contributed by atoms with Gasteiger partial charge in [-0.1, -0.05) is 70.8 Å². The highest BCUT2D eigenvalue weighted by molar-refractivity contribution is 6.79. The van der Waals surface area contributed by atoms with Crippen molar-refractivity contribution >= 4 is 19.5 Å². The van der Waals surface area contributed by atoms with Crippen molar-refractivity contribution in [3.8, 4) is 5.75 Å². The average Bonchev–Trinajstić information content (AvgIpc) is 3.11. The Kier molecular flexibility index (Phi) is 6.94. The first-order valence-electron chi connectivity index (χ1n) is 11.4. The van der Waals surface area contributed by atoms with E-state index in [1.165, 1.54) is 27.9 Å². The van der Waals surface area contributed by atoms with E-state index < -0.39 is 8.07 Å². The van der Waals surface area contributed by atoms with Crippen molar-refractivity contribution < 1.29 is 9.47 Å². The van der Waals surface area contributed by atoms with Gasteiger partial charge >= 0.3 is 0 Å². The molecule has 172 valence electrons. The lowest BCUT2D eigenvalue weighted by Crippen LogP contribution is -2.37. The van der Waals surface area contributed by atoms with E-state index in [1.54, 1.807) is 7.11 Å². The van der Waals surface area contributed by atoms with Crippen LogP contribution in [0, 0.1) is 0 Å². The molecule has 3 nitrogen and oxygen atoms in total. The van der Waals surface area contributed by atoms with E-state index in [-0.39, 0.29) is 5.41 Å². The summed E-state index contributed by atoms with van der Waals surface area (Å²) in [6, 6.07) is 14.3. The molecule has 0 N–H and O–H groups in total. The molecule has 0 amide bonds. The smallest absolute Gasteiger partial charge is 0.126 e.